The Morgan fingerprint density at radius 3 is 2.45 bits per heavy atom. The first-order valence-corrected chi connectivity index (χ1v) is 5.44. The molecule has 0 bridgehead atoms. The molecule has 0 aliphatic rings. The maximum atomic E-state index is 12.0. The van der Waals surface area contributed by atoms with Gasteiger partial charge in [-0.05, 0) is 17.7 Å². The topological polar surface area (TPSA) is 64.3 Å². The molecule has 2 aromatic rings. The van der Waals surface area contributed by atoms with Gasteiger partial charge in [0.2, 0.25) is 0 Å². The molecule has 0 aliphatic heterocycles. The highest BCUT2D eigenvalue weighted by atomic mass is 19.4. The van der Waals surface area contributed by atoms with Gasteiger partial charge in [0.1, 0.15) is 12.3 Å². The maximum absolute atomic E-state index is 12.0. The van der Waals surface area contributed by atoms with E-state index in [0.29, 0.717) is 11.1 Å². The minimum absolute atomic E-state index is 0.282. The molecule has 0 amide bonds. The summed E-state index contributed by atoms with van der Waals surface area (Å²) in [5.41, 5.74) is 1.21. The Balaban J connectivity index is 2.13. The highest BCUT2D eigenvalue weighted by molar-refractivity contribution is 5.67. The molecule has 0 saturated carbocycles. The number of carboxylic acids is 1. The van der Waals surface area contributed by atoms with Crippen molar-refractivity contribution < 1.29 is 27.8 Å². The molecule has 5 nitrogen and oxygen atoms in total. The van der Waals surface area contributed by atoms with Crippen LogP contribution in [-0.4, -0.2) is 27.2 Å². The predicted octanol–water partition coefficient (Wildman–Crippen LogP) is 2.53. The van der Waals surface area contributed by atoms with E-state index in [2.05, 4.69) is 9.84 Å². The number of alkyl halides is 3. The quantitative estimate of drug-likeness (QED) is 0.938. The van der Waals surface area contributed by atoms with Crippen LogP contribution < -0.4 is 4.74 Å². The summed E-state index contributed by atoms with van der Waals surface area (Å²) in [5, 5.41) is 12.4. The zero-order valence-electron chi connectivity index (χ0n) is 9.96. The van der Waals surface area contributed by atoms with E-state index >= 15 is 0 Å². The monoisotopic (exact) mass is 286 g/mol. The number of hydrogen-bond acceptors (Lipinski definition) is 3. The van der Waals surface area contributed by atoms with Crippen molar-refractivity contribution in [3.8, 4) is 16.9 Å². The largest absolute Gasteiger partial charge is 0.573 e. The van der Waals surface area contributed by atoms with Crippen molar-refractivity contribution in [1.82, 2.24) is 9.78 Å². The SMILES string of the molecule is O=C(O)Cn1cc(-c2ccc(OC(F)(F)F)cc2)cn1. The van der Waals surface area contributed by atoms with Crippen LogP contribution in [0.4, 0.5) is 13.2 Å². The molecule has 0 atom stereocenters. The number of halogens is 3. The molecule has 0 aliphatic carbocycles. The summed E-state index contributed by atoms with van der Waals surface area (Å²) < 4.78 is 41.0. The molecule has 0 saturated heterocycles. The normalized spacial score (nSPS) is 11.3. The third-order valence-corrected chi connectivity index (χ3v) is 2.35. The number of aliphatic carboxylic acids is 1. The Morgan fingerprint density at radius 2 is 1.90 bits per heavy atom. The fraction of sp³-hybridized carbons (Fsp3) is 0.167. The molecule has 0 spiro atoms. The summed E-state index contributed by atoms with van der Waals surface area (Å²) in [6.45, 7) is -0.282. The van der Waals surface area contributed by atoms with Gasteiger partial charge in [-0.15, -0.1) is 13.2 Å². The van der Waals surface area contributed by atoms with Crippen molar-refractivity contribution in [2.75, 3.05) is 0 Å². The summed E-state index contributed by atoms with van der Waals surface area (Å²) in [6, 6.07) is 5.22. The molecule has 1 heterocycles. The van der Waals surface area contributed by atoms with Gasteiger partial charge in [-0.2, -0.15) is 5.10 Å². The Labute approximate surface area is 111 Å². The number of hydrogen-bond donors (Lipinski definition) is 1. The van der Waals surface area contributed by atoms with Gasteiger partial charge in [-0.1, -0.05) is 12.1 Å². The van der Waals surface area contributed by atoms with E-state index in [-0.39, 0.29) is 12.3 Å². The van der Waals surface area contributed by atoms with Crippen LogP contribution in [-0.2, 0) is 11.3 Å². The number of benzene rings is 1. The van der Waals surface area contributed by atoms with Crippen LogP contribution in [0.5, 0.6) is 5.75 Å². The van der Waals surface area contributed by atoms with E-state index in [1.54, 1.807) is 0 Å². The molecule has 2 rings (SSSR count). The standard InChI is InChI=1S/C12H9F3N2O3/c13-12(14,15)20-10-3-1-8(2-4-10)9-5-16-17(6-9)7-11(18)19/h1-6H,7H2,(H,18,19). The molecule has 8 heteroatoms. The van der Waals surface area contributed by atoms with Crippen LogP contribution >= 0.6 is 0 Å². The predicted molar refractivity (Wildman–Crippen MR) is 62.0 cm³/mol. The molecular weight excluding hydrogens is 277 g/mol. The van der Waals surface area contributed by atoms with E-state index in [9.17, 15) is 18.0 Å². The molecule has 1 aromatic carbocycles. The van der Waals surface area contributed by atoms with E-state index in [1.807, 2.05) is 0 Å². The summed E-state index contributed by atoms with van der Waals surface area (Å²) >= 11 is 0. The maximum Gasteiger partial charge on any atom is 0.573 e. The van der Waals surface area contributed by atoms with E-state index in [4.69, 9.17) is 5.11 Å². The van der Waals surface area contributed by atoms with Crippen LogP contribution in [0.15, 0.2) is 36.7 Å². The fourth-order valence-electron chi connectivity index (χ4n) is 1.59. The molecule has 106 valence electrons. The van der Waals surface area contributed by atoms with Crippen molar-refractivity contribution >= 4 is 5.97 Å². The van der Waals surface area contributed by atoms with E-state index in [1.165, 1.54) is 41.3 Å². The first kappa shape index (κ1) is 13.9. The summed E-state index contributed by atoms with van der Waals surface area (Å²) in [7, 11) is 0. The lowest BCUT2D eigenvalue weighted by atomic mass is 10.1. The number of ether oxygens (including phenoxy) is 1. The van der Waals surface area contributed by atoms with Crippen molar-refractivity contribution in [2.24, 2.45) is 0 Å². The van der Waals surface area contributed by atoms with Crippen LogP contribution in [0, 0.1) is 0 Å². The van der Waals surface area contributed by atoms with Gasteiger partial charge < -0.3 is 9.84 Å². The molecular formula is C12H9F3N2O3. The highest BCUT2D eigenvalue weighted by Gasteiger charge is 2.30. The minimum atomic E-state index is -4.73. The Hall–Kier alpha value is -2.51. The van der Waals surface area contributed by atoms with Crippen molar-refractivity contribution in [3.05, 3.63) is 36.7 Å². The lowest BCUT2D eigenvalue weighted by molar-refractivity contribution is -0.274. The average Bonchev–Trinajstić information content (AvgIpc) is 2.75. The van der Waals surface area contributed by atoms with Gasteiger partial charge in [0.05, 0.1) is 6.20 Å². The molecule has 0 fully saturated rings. The number of carbonyl (C=O) groups is 1. The number of aromatic nitrogens is 2. The molecule has 1 aromatic heterocycles. The van der Waals surface area contributed by atoms with Crippen molar-refractivity contribution in [2.45, 2.75) is 12.9 Å². The number of nitrogens with zero attached hydrogens (tertiary/aromatic N) is 2. The molecule has 20 heavy (non-hydrogen) atoms. The van der Waals surface area contributed by atoms with Crippen LogP contribution in [0.1, 0.15) is 0 Å². The molecule has 1 N–H and O–H groups in total. The zero-order chi connectivity index (χ0) is 14.8. The summed E-state index contributed by atoms with van der Waals surface area (Å²) in [6.07, 6.45) is -1.80. The summed E-state index contributed by atoms with van der Waals surface area (Å²) in [5.74, 6) is -1.35. The van der Waals surface area contributed by atoms with E-state index in [0.717, 1.165) is 0 Å². The average molecular weight is 286 g/mol. The second kappa shape index (κ2) is 5.24. The Morgan fingerprint density at radius 1 is 1.25 bits per heavy atom. The zero-order valence-corrected chi connectivity index (χ0v) is 9.96. The smallest absolute Gasteiger partial charge is 0.480 e. The van der Waals surface area contributed by atoms with Crippen molar-refractivity contribution in [3.63, 3.8) is 0 Å². The van der Waals surface area contributed by atoms with Gasteiger partial charge in [0.15, 0.2) is 0 Å². The third kappa shape index (κ3) is 3.74. The highest BCUT2D eigenvalue weighted by Crippen LogP contribution is 2.26. The number of carboxylic acid groups (broad SMARTS) is 1. The van der Waals surface area contributed by atoms with Crippen LogP contribution in [0.3, 0.4) is 0 Å². The Bertz CT molecular complexity index is 605. The summed E-state index contributed by atoms with van der Waals surface area (Å²) in [4.78, 5) is 10.5. The minimum Gasteiger partial charge on any atom is -0.480 e. The van der Waals surface area contributed by atoms with E-state index < -0.39 is 12.3 Å². The second-order valence-electron chi connectivity index (χ2n) is 3.89. The molecule has 0 radical (unpaired) electrons. The van der Waals surface area contributed by atoms with Crippen molar-refractivity contribution in [1.29, 1.82) is 0 Å². The van der Waals surface area contributed by atoms with Gasteiger partial charge >= 0.3 is 12.3 Å². The third-order valence-electron chi connectivity index (χ3n) is 2.35. The lowest BCUT2D eigenvalue weighted by Gasteiger charge is -2.08. The van der Waals surface area contributed by atoms with Gasteiger partial charge in [-0.25, -0.2) is 0 Å². The number of rotatable bonds is 4. The Kier molecular flexibility index (Phi) is 3.64. The first-order chi connectivity index (χ1) is 9.33. The fourth-order valence-corrected chi connectivity index (χ4v) is 1.59. The van der Waals surface area contributed by atoms with Gasteiger partial charge in [-0.3, -0.25) is 9.48 Å². The lowest BCUT2D eigenvalue weighted by Crippen LogP contribution is -2.16. The second-order valence-corrected chi connectivity index (χ2v) is 3.89. The first-order valence-electron chi connectivity index (χ1n) is 5.44. The van der Waals surface area contributed by atoms with Gasteiger partial charge in [0, 0.05) is 11.8 Å². The van der Waals surface area contributed by atoms with Crippen LogP contribution in [0.2, 0.25) is 0 Å². The van der Waals surface area contributed by atoms with Gasteiger partial charge in [0.25, 0.3) is 0 Å². The van der Waals surface area contributed by atoms with Crippen LogP contribution in [0.25, 0.3) is 11.1 Å². The molecule has 0 unspecified atom stereocenters.